The molecule has 1 rings (SSSR count). The number of nitrogens with zero attached hydrogens (tertiary/aromatic N) is 1. The molecule has 1 N–H and O–H groups in total. The Kier molecular flexibility index (Phi) is 4.20. The number of carbonyl (C=O) groups excluding carboxylic acids is 1. The van der Waals surface area contributed by atoms with E-state index in [1.54, 1.807) is 0 Å². The topological polar surface area (TPSA) is 68.7 Å². The maximum atomic E-state index is 11.2. The standard InChI is InChI=1S/C12H17NO4/c1-12(2,3)17-11(15)9-6-5-8(7-13-9)10(14)16-4/h5-7,11,15H,1-4H3. The highest BCUT2D eigenvalue weighted by Crippen LogP contribution is 2.20. The summed E-state index contributed by atoms with van der Waals surface area (Å²) in [7, 11) is 1.30. The van der Waals surface area contributed by atoms with Gasteiger partial charge in [0, 0.05) is 6.20 Å². The highest BCUT2D eigenvalue weighted by molar-refractivity contribution is 5.88. The highest BCUT2D eigenvalue weighted by atomic mass is 16.6. The largest absolute Gasteiger partial charge is 0.465 e. The van der Waals surface area contributed by atoms with Gasteiger partial charge in [0.2, 0.25) is 0 Å². The highest BCUT2D eigenvalue weighted by Gasteiger charge is 2.19. The second-order valence-corrected chi connectivity index (χ2v) is 4.55. The number of esters is 1. The molecule has 0 radical (unpaired) electrons. The van der Waals surface area contributed by atoms with Crippen LogP contribution in [0.1, 0.15) is 43.1 Å². The molecule has 0 aliphatic carbocycles. The number of carbonyl (C=O) groups is 1. The van der Waals surface area contributed by atoms with Crippen LogP contribution < -0.4 is 0 Å². The summed E-state index contributed by atoms with van der Waals surface area (Å²) in [5, 5.41) is 9.74. The number of aliphatic hydroxyl groups is 1. The minimum atomic E-state index is -1.11. The lowest BCUT2D eigenvalue weighted by Crippen LogP contribution is -2.23. The molecule has 0 fully saturated rings. The molecule has 0 aliphatic heterocycles. The minimum Gasteiger partial charge on any atom is -0.465 e. The first kappa shape index (κ1) is 13.6. The Morgan fingerprint density at radius 3 is 2.47 bits per heavy atom. The van der Waals surface area contributed by atoms with Crippen molar-refractivity contribution in [1.82, 2.24) is 4.98 Å². The van der Waals surface area contributed by atoms with Crippen molar-refractivity contribution in [1.29, 1.82) is 0 Å². The smallest absolute Gasteiger partial charge is 0.339 e. The van der Waals surface area contributed by atoms with Crippen LogP contribution in [0.25, 0.3) is 0 Å². The Morgan fingerprint density at radius 2 is 2.06 bits per heavy atom. The summed E-state index contributed by atoms with van der Waals surface area (Å²) in [6.45, 7) is 5.50. The molecule has 1 heterocycles. The fourth-order valence-corrected chi connectivity index (χ4v) is 1.19. The molecule has 0 amide bonds. The van der Waals surface area contributed by atoms with Gasteiger partial charge in [-0.3, -0.25) is 4.98 Å². The van der Waals surface area contributed by atoms with E-state index in [1.807, 2.05) is 20.8 Å². The van der Waals surface area contributed by atoms with Crippen molar-refractivity contribution >= 4 is 5.97 Å². The predicted octanol–water partition coefficient (Wildman–Crippen LogP) is 1.67. The summed E-state index contributed by atoms with van der Waals surface area (Å²) in [6, 6.07) is 3.06. The van der Waals surface area contributed by atoms with Crippen LogP contribution in [0.2, 0.25) is 0 Å². The molecule has 1 atom stereocenters. The van der Waals surface area contributed by atoms with Gasteiger partial charge in [0.25, 0.3) is 0 Å². The molecule has 0 bridgehead atoms. The van der Waals surface area contributed by atoms with Crippen molar-refractivity contribution in [3.8, 4) is 0 Å². The van der Waals surface area contributed by atoms with Gasteiger partial charge in [-0.2, -0.15) is 0 Å². The van der Waals surface area contributed by atoms with Crippen LogP contribution in [0, 0.1) is 0 Å². The number of hydrogen-bond donors (Lipinski definition) is 1. The van der Waals surface area contributed by atoms with E-state index >= 15 is 0 Å². The zero-order valence-electron chi connectivity index (χ0n) is 10.4. The summed E-state index contributed by atoms with van der Waals surface area (Å²) in [4.78, 5) is 15.1. The van der Waals surface area contributed by atoms with Crippen molar-refractivity contribution in [3.63, 3.8) is 0 Å². The molecule has 5 heteroatoms. The van der Waals surface area contributed by atoms with Gasteiger partial charge < -0.3 is 14.6 Å². The number of methoxy groups -OCH3 is 1. The second-order valence-electron chi connectivity index (χ2n) is 4.55. The van der Waals surface area contributed by atoms with Crippen LogP contribution in [0.5, 0.6) is 0 Å². The fourth-order valence-electron chi connectivity index (χ4n) is 1.19. The van der Waals surface area contributed by atoms with Crippen molar-refractivity contribution in [2.45, 2.75) is 32.7 Å². The second kappa shape index (κ2) is 5.25. The molecule has 94 valence electrons. The molecule has 1 unspecified atom stereocenters. The molecule has 17 heavy (non-hydrogen) atoms. The fraction of sp³-hybridized carbons (Fsp3) is 0.500. The van der Waals surface area contributed by atoms with Gasteiger partial charge in [-0.25, -0.2) is 4.79 Å². The van der Waals surface area contributed by atoms with Gasteiger partial charge in [-0.05, 0) is 32.9 Å². The van der Waals surface area contributed by atoms with E-state index in [0.29, 0.717) is 11.3 Å². The normalized spacial score (nSPS) is 13.2. The van der Waals surface area contributed by atoms with Gasteiger partial charge in [0.15, 0.2) is 6.29 Å². The third-order valence-corrected chi connectivity index (χ3v) is 1.93. The van der Waals surface area contributed by atoms with Gasteiger partial charge in [0.05, 0.1) is 24.0 Å². The van der Waals surface area contributed by atoms with Crippen molar-refractivity contribution in [2.24, 2.45) is 0 Å². The molecule has 0 saturated heterocycles. The lowest BCUT2D eigenvalue weighted by molar-refractivity contribution is -0.171. The summed E-state index contributed by atoms with van der Waals surface area (Å²) >= 11 is 0. The van der Waals surface area contributed by atoms with Crippen LogP contribution in [0.3, 0.4) is 0 Å². The monoisotopic (exact) mass is 239 g/mol. The Bertz CT molecular complexity index is 380. The van der Waals surface area contributed by atoms with Crippen LogP contribution in [-0.4, -0.2) is 28.8 Å². The first-order valence-corrected chi connectivity index (χ1v) is 5.23. The average Bonchev–Trinajstić information content (AvgIpc) is 2.26. The van der Waals surface area contributed by atoms with Crippen molar-refractivity contribution < 1.29 is 19.4 Å². The number of aliphatic hydroxyl groups excluding tert-OH is 1. The number of ether oxygens (including phenoxy) is 2. The van der Waals surface area contributed by atoms with E-state index < -0.39 is 17.9 Å². The Morgan fingerprint density at radius 1 is 1.41 bits per heavy atom. The molecular formula is C12H17NO4. The Balaban J connectivity index is 2.77. The molecule has 1 aromatic rings. The SMILES string of the molecule is COC(=O)c1ccc(C(O)OC(C)(C)C)nc1. The molecule has 5 nitrogen and oxygen atoms in total. The minimum absolute atomic E-state index is 0.333. The number of rotatable bonds is 3. The average molecular weight is 239 g/mol. The van der Waals surface area contributed by atoms with Crippen LogP contribution in [-0.2, 0) is 9.47 Å². The lowest BCUT2D eigenvalue weighted by Gasteiger charge is -2.23. The number of pyridine rings is 1. The maximum Gasteiger partial charge on any atom is 0.339 e. The zero-order chi connectivity index (χ0) is 13.1. The van der Waals surface area contributed by atoms with E-state index in [1.165, 1.54) is 25.4 Å². The van der Waals surface area contributed by atoms with Crippen LogP contribution >= 0.6 is 0 Å². The molecular weight excluding hydrogens is 222 g/mol. The molecule has 1 aromatic heterocycles. The zero-order valence-corrected chi connectivity index (χ0v) is 10.4. The van der Waals surface area contributed by atoms with E-state index in [4.69, 9.17) is 4.74 Å². The van der Waals surface area contributed by atoms with E-state index in [9.17, 15) is 9.90 Å². The Hall–Kier alpha value is -1.46. The van der Waals surface area contributed by atoms with E-state index in [-0.39, 0.29) is 0 Å². The Labute approximate surface area is 100 Å². The summed E-state index contributed by atoms with van der Waals surface area (Å²) in [6.07, 6.45) is 0.234. The maximum absolute atomic E-state index is 11.2. The van der Waals surface area contributed by atoms with Gasteiger partial charge in [-0.1, -0.05) is 0 Å². The van der Waals surface area contributed by atoms with E-state index in [0.717, 1.165) is 0 Å². The lowest BCUT2D eigenvalue weighted by atomic mass is 10.2. The van der Waals surface area contributed by atoms with Gasteiger partial charge >= 0.3 is 5.97 Å². The number of hydrogen-bond acceptors (Lipinski definition) is 5. The van der Waals surface area contributed by atoms with Crippen LogP contribution in [0.15, 0.2) is 18.3 Å². The predicted molar refractivity (Wildman–Crippen MR) is 61.4 cm³/mol. The van der Waals surface area contributed by atoms with Crippen LogP contribution in [0.4, 0.5) is 0 Å². The summed E-state index contributed by atoms with van der Waals surface area (Å²) in [5.41, 5.74) is 0.217. The van der Waals surface area contributed by atoms with Crippen molar-refractivity contribution in [2.75, 3.05) is 7.11 Å². The summed E-state index contributed by atoms with van der Waals surface area (Å²) in [5.74, 6) is -0.463. The number of aromatic nitrogens is 1. The van der Waals surface area contributed by atoms with E-state index in [2.05, 4.69) is 9.72 Å². The summed E-state index contributed by atoms with van der Waals surface area (Å²) < 4.78 is 9.87. The molecule has 0 saturated carbocycles. The first-order valence-electron chi connectivity index (χ1n) is 5.23. The van der Waals surface area contributed by atoms with Gasteiger partial charge in [0.1, 0.15) is 0 Å². The molecule has 0 spiro atoms. The third-order valence-electron chi connectivity index (χ3n) is 1.93. The van der Waals surface area contributed by atoms with Gasteiger partial charge in [-0.15, -0.1) is 0 Å². The van der Waals surface area contributed by atoms with Crippen molar-refractivity contribution in [3.05, 3.63) is 29.6 Å². The quantitative estimate of drug-likeness (QED) is 0.642. The molecule has 0 aromatic carbocycles. The molecule has 0 aliphatic rings. The first-order chi connectivity index (χ1) is 7.83. The third kappa shape index (κ3) is 4.13.